The fraction of sp³-hybridized carbons (Fsp3) is 0.640. The van der Waals surface area contributed by atoms with Crippen molar-refractivity contribution in [3.8, 4) is 0 Å². The lowest BCUT2D eigenvalue weighted by molar-refractivity contribution is -0.129. The van der Waals surface area contributed by atoms with Crippen LogP contribution in [0.15, 0.2) is 35.3 Å². The molecule has 0 spiro atoms. The lowest BCUT2D eigenvalue weighted by Gasteiger charge is -2.40. The summed E-state index contributed by atoms with van der Waals surface area (Å²) in [6, 6.07) is 10.3. The van der Waals surface area contributed by atoms with Gasteiger partial charge in [-0.05, 0) is 62.7 Å². The van der Waals surface area contributed by atoms with Crippen molar-refractivity contribution in [2.45, 2.75) is 83.3 Å². The van der Waals surface area contributed by atoms with E-state index in [1.165, 1.54) is 12.5 Å². The summed E-state index contributed by atoms with van der Waals surface area (Å²) in [4.78, 5) is 16.0. The van der Waals surface area contributed by atoms with Crippen LogP contribution in [-0.4, -0.2) is 45.0 Å². The quantitative estimate of drug-likeness (QED) is 0.430. The lowest BCUT2D eigenvalue weighted by Crippen LogP contribution is -2.45. The van der Waals surface area contributed by atoms with E-state index in [1.54, 1.807) is 0 Å². The molecule has 3 unspecified atom stereocenters. The van der Waals surface area contributed by atoms with Gasteiger partial charge in [0.15, 0.2) is 19.9 Å². The Morgan fingerprint density at radius 1 is 1.28 bits per heavy atom. The lowest BCUT2D eigenvalue weighted by atomic mass is 9.89. The molecule has 1 aromatic rings. The third-order valence-corrected chi connectivity index (χ3v) is 11.2. The van der Waals surface area contributed by atoms with Crippen molar-refractivity contribution in [1.82, 2.24) is 0 Å². The number of rotatable bonds is 12. The number of hydrogen-bond acceptors (Lipinski definition) is 4. The van der Waals surface area contributed by atoms with Crippen LogP contribution in [0.3, 0.4) is 0 Å². The highest BCUT2D eigenvalue weighted by Gasteiger charge is 2.40. The minimum atomic E-state index is -2.05. The molecule has 7 heteroatoms. The maximum absolute atomic E-state index is 14.6. The number of carbonyl (C=O) groups excluding carboxylic acids is 1. The predicted octanol–water partition coefficient (Wildman–Crippen LogP) is 5.25. The molecule has 0 aliphatic carbocycles. The summed E-state index contributed by atoms with van der Waals surface area (Å²) < 4.78 is 27.1. The first-order valence-electron chi connectivity index (χ1n) is 11.5. The number of aliphatic imine (C=N–C) groups is 1. The van der Waals surface area contributed by atoms with Crippen LogP contribution in [0, 0.1) is 12.3 Å². The molecule has 0 bridgehead atoms. The van der Waals surface area contributed by atoms with Crippen LogP contribution in [0.2, 0.25) is 18.1 Å². The topological polar surface area (TPSA) is 73.9 Å². The summed E-state index contributed by atoms with van der Waals surface area (Å²) in [5.41, 5.74) is 4.41. The van der Waals surface area contributed by atoms with Gasteiger partial charge in [-0.3, -0.25) is 9.79 Å². The number of ether oxygens (including phenoxy) is 1. The summed E-state index contributed by atoms with van der Waals surface area (Å²) >= 11 is 0. The SMILES string of the molecule is CC(F)(CCC(CC([CH]Cc1ccccc1)O[Si](C)(C)C(C)(C)C)C1=NCCO1)C(N)=O. The Kier molecular flexibility index (Phi) is 9.05. The zero-order valence-corrected chi connectivity index (χ0v) is 21.5. The number of nitrogens with two attached hydrogens (primary N) is 1. The molecular weight excluding hydrogens is 423 g/mol. The minimum Gasteiger partial charge on any atom is -0.479 e. The molecule has 1 heterocycles. The van der Waals surface area contributed by atoms with Crippen LogP contribution in [0.1, 0.15) is 52.5 Å². The van der Waals surface area contributed by atoms with Gasteiger partial charge < -0.3 is 14.9 Å². The highest BCUT2D eigenvalue weighted by molar-refractivity contribution is 6.74. The second-order valence-electron chi connectivity index (χ2n) is 10.4. The van der Waals surface area contributed by atoms with Gasteiger partial charge in [-0.15, -0.1) is 0 Å². The second kappa shape index (κ2) is 10.9. The van der Waals surface area contributed by atoms with Crippen molar-refractivity contribution in [3.05, 3.63) is 42.3 Å². The molecule has 5 nitrogen and oxygen atoms in total. The van der Waals surface area contributed by atoms with Crippen LogP contribution in [0.5, 0.6) is 0 Å². The van der Waals surface area contributed by atoms with Gasteiger partial charge in [-0.25, -0.2) is 4.39 Å². The molecule has 1 radical (unpaired) electrons. The Hall–Kier alpha value is -1.73. The Morgan fingerprint density at radius 3 is 2.47 bits per heavy atom. The maximum atomic E-state index is 14.6. The number of nitrogens with zero attached hydrogens (tertiary/aromatic N) is 1. The van der Waals surface area contributed by atoms with Crippen molar-refractivity contribution in [2.24, 2.45) is 16.6 Å². The van der Waals surface area contributed by atoms with Crippen LogP contribution in [0.25, 0.3) is 0 Å². The molecule has 0 fully saturated rings. The maximum Gasteiger partial charge on any atom is 0.254 e. The van der Waals surface area contributed by atoms with Gasteiger partial charge in [0.05, 0.1) is 6.54 Å². The van der Waals surface area contributed by atoms with Crippen LogP contribution >= 0.6 is 0 Å². The van der Waals surface area contributed by atoms with E-state index >= 15 is 0 Å². The van der Waals surface area contributed by atoms with E-state index in [0.717, 1.165) is 6.42 Å². The predicted molar refractivity (Wildman–Crippen MR) is 131 cm³/mol. The monoisotopic (exact) mass is 463 g/mol. The summed E-state index contributed by atoms with van der Waals surface area (Å²) in [5.74, 6) is -0.425. The first-order valence-corrected chi connectivity index (χ1v) is 14.4. The van der Waals surface area contributed by atoms with E-state index in [1.807, 2.05) is 18.2 Å². The van der Waals surface area contributed by atoms with Gasteiger partial charge in [0.1, 0.15) is 6.61 Å². The van der Waals surface area contributed by atoms with Gasteiger partial charge >= 0.3 is 0 Å². The van der Waals surface area contributed by atoms with Crippen molar-refractivity contribution in [2.75, 3.05) is 13.2 Å². The summed E-state index contributed by atoms with van der Waals surface area (Å²) in [5, 5.41) is 0.0617. The van der Waals surface area contributed by atoms with Crippen molar-refractivity contribution < 1.29 is 18.3 Å². The fourth-order valence-corrected chi connectivity index (χ4v) is 4.72. The molecule has 3 atom stereocenters. The molecule has 1 aliphatic rings. The first kappa shape index (κ1) is 26.5. The summed E-state index contributed by atoms with van der Waals surface area (Å²) in [7, 11) is -2.05. The van der Waals surface area contributed by atoms with Crippen molar-refractivity contribution in [3.63, 3.8) is 0 Å². The molecule has 1 aromatic carbocycles. The van der Waals surface area contributed by atoms with E-state index in [2.05, 4.69) is 57.4 Å². The van der Waals surface area contributed by atoms with E-state index in [4.69, 9.17) is 14.9 Å². The van der Waals surface area contributed by atoms with E-state index in [9.17, 15) is 9.18 Å². The highest BCUT2D eigenvalue weighted by atomic mass is 28.4. The van der Waals surface area contributed by atoms with Crippen molar-refractivity contribution >= 4 is 20.1 Å². The molecule has 2 rings (SSSR count). The molecule has 0 aromatic heterocycles. The summed E-state index contributed by atoms with van der Waals surface area (Å²) in [6.07, 6.45) is 3.94. The summed E-state index contributed by atoms with van der Waals surface area (Å²) in [6.45, 7) is 13.5. The molecule has 0 saturated carbocycles. The van der Waals surface area contributed by atoms with Crippen LogP contribution in [-0.2, 0) is 20.4 Å². The van der Waals surface area contributed by atoms with Crippen molar-refractivity contribution in [1.29, 1.82) is 0 Å². The van der Waals surface area contributed by atoms with Gasteiger partial charge in [0.25, 0.3) is 5.91 Å². The van der Waals surface area contributed by atoms with Gasteiger partial charge in [0, 0.05) is 12.0 Å². The number of carbonyl (C=O) groups is 1. The van der Waals surface area contributed by atoms with Gasteiger partial charge in [0.2, 0.25) is 0 Å². The standard InChI is InChI=1S/C25H40FN2O3Si/c1-24(2,3)32(5,6)31-21(13-12-19-10-8-7-9-11-19)18-20(22-28-16-17-30-22)14-15-25(4,26)23(27)29/h7-11,13,20-21H,12,14-18H2,1-6H3,(H2,27,29). The fourth-order valence-electron chi connectivity index (χ4n) is 3.42. The van der Waals surface area contributed by atoms with Gasteiger partial charge in [-0.2, -0.15) is 0 Å². The van der Waals surface area contributed by atoms with Crippen LogP contribution in [0.4, 0.5) is 4.39 Å². The zero-order chi connectivity index (χ0) is 24.0. The Bertz CT molecular complexity index is 775. The number of halogens is 1. The third kappa shape index (κ3) is 7.69. The minimum absolute atomic E-state index is 0.0286. The molecule has 2 N–H and O–H groups in total. The molecule has 32 heavy (non-hydrogen) atoms. The molecule has 179 valence electrons. The smallest absolute Gasteiger partial charge is 0.254 e. The highest BCUT2D eigenvalue weighted by Crippen LogP contribution is 2.39. The molecule has 1 aliphatic heterocycles. The largest absolute Gasteiger partial charge is 0.479 e. The second-order valence-corrected chi connectivity index (χ2v) is 15.2. The number of benzene rings is 1. The van der Waals surface area contributed by atoms with E-state index in [0.29, 0.717) is 31.9 Å². The van der Waals surface area contributed by atoms with E-state index < -0.39 is 19.9 Å². The Labute approximate surface area is 194 Å². The molecule has 0 saturated heterocycles. The number of amides is 1. The number of alkyl halides is 1. The van der Waals surface area contributed by atoms with Crippen LogP contribution < -0.4 is 5.73 Å². The third-order valence-electron chi connectivity index (χ3n) is 6.66. The first-order chi connectivity index (χ1) is 14.8. The molecular formula is C25H40FN2O3Si. The number of primary amides is 1. The molecule has 1 amide bonds. The van der Waals surface area contributed by atoms with E-state index in [-0.39, 0.29) is 23.5 Å². The average Bonchev–Trinajstić information content (AvgIpc) is 3.23. The zero-order valence-electron chi connectivity index (χ0n) is 20.5. The number of hydrogen-bond donors (Lipinski definition) is 1. The average molecular weight is 464 g/mol. The van der Waals surface area contributed by atoms with Gasteiger partial charge in [-0.1, -0.05) is 51.1 Å². The Balaban J connectivity index is 2.19. The normalized spacial score (nSPS) is 18.4. The Morgan fingerprint density at radius 2 is 1.94 bits per heavy atom.